The smallest absolute Gasteiger partial charge is 0.248 e. The van der Waals surface area contributed by atoms with Crippen molar-refractivity contribution in [2.45, 2.75) is 0 Å². The van der Waals surface area contributed by atoms with E-state index in [1.54, 1.807) is 36.5 Å². The largest absolute Gasteiger partial charge is 0.366 e. The van der Waals surface area contributed by atoms with Gasteiger partial charge in [0.2, 0.25) is 5.91 Å². The topological polar surface area (TPSA) is 88.8 Å². The molecule has 132 valence electrons. The summed E-state index contributed by atoms with van der Waals surface area (Å²) < 4.78 is 14.1. The third-order valence-corrected chi connectivity index (χ3v) is 4.39. The van der Waals surface area contributed by atoms with Gasteiger partial charge in [0, 0.05) is 23.3 Å². The number of carbonyl (C=O) groups is 2. The van der Waals surface area contributed by atoms with Gasteiger partial charge in [-0.3, -0.25) is 9.59 Å². The molecule has 3 N–H and O–H groups in total. The van der Waals surface area contributed by atoms with Crippen molar-refractivity contribution in [1.29, 1.82) is 0 Å². The molecule has 0 aliphatic carbocycles. The minimum Gasteiger partial charge on any atom is -0.366 e. The molecule has 0 radical (unpaired) electrons. The van der Waals surface area contributed by atoms with Gasteiger partial charge in [-0.15, -0.1) is 0 Å². The van der Waals surface area contributed by atoms with E-state index in [1.807, 2.05) is 6.07 Å². The summed E-state index contributed by atoms with van der Waals surface area (Å²) >= 11 is 0. The second-order valence-electron chi connectivity index (χ2n) is 6.04. The van der Waals surface area contributed by atoms with E-state index in [4.69, 9.17) is 5.73 Å². The number of fused-ring (bicyclic) bond motifs is 1. The first-order chi connectivity index (χ1) is 13.1. The van der Waals surface area contributed by atoms with E-state index in [-0.39, 0.29) is 5.56 Å². The van der Waals surface area contributed by atoms with Crippen molar-refractivity contribution in [3.05, 3.63) is 89.5 Å². The van der Waals surface area contributed by atoms with Crippen molar-refractivity contribution in [1.82, 2.24) is 9.97 Å². The monoisotopic (exact) mass is 359 g/mol. The molecule has 2 heterocycles. The minimum atomic E-state index is -0.585. The number of carbonyl (C=O) groups excluding carboxylic acids is 2. The van der Waals surface area contributed by atoms with E-state index in [2.05, 4.69) is 9.97 Å². The summed E-state index contributed by atoms with van der Waals surface area (Å²) in [5, 5.41) is 0.562. The molecular formula is C21H14FN3O2. The Morgan fingerprint density at radius 3 is 2.59 bits per heavy atom. The van der Waals surface area contributed by atoms with Crippen LogP contribution in [0.15, 0.2) is 67.0 Å². The number of hydrogen-bond acceptors (Lipinski definition) is 3. The molecular weight excluding hydrogens is 345 g/mol. The SMILES string of the molecule is NC(=O)c1cccc(-c2ccnc3[nH]cc(C(=O)c4ccccc4F)c23)c1. The number of halogens is 1. The highest BCUT2D eigenvalue weighted by atomic mass is 19.1. The van der Waals surface area contributed by atoms with E-state index >= 15 is 0 Å². The number of ketones is 1. The third kappa shape index (κ3) is 2.87. The van der Waals surface area contributed by atoms with Crippen LogP contribution in [0.5, 0.6) is 0 Å². The van der Waals surface area contributed by atoms with Crippen molar-refractivity contribution in [2.24, 2.45) is 5.73 Å². The molecule has 2 aromatic heterocycles. The first-order valence-corrected chi connectivity index (χ1v) is 8.22. The Hall–Kier alpha value is -3.80. The van der Waals surface area contributed by atoms with Crippen molar-refractivity contribution in [2.75, 3.05) is 0 Å². The molecule has 0 bridgehead atoms. The summed E-state index contributed by atoms with van der Waals surface area (Å²) in [6, 6.07) is 14.4. The van der Waals surface area contributed by atoms with Crippen LogP contribution < -0.4 is 5.73 Å². The lowest BCUT2D eigenvalue weighted by atomic mass is 9.96. The van der Waals surface area contributed by atoms with Gasteiger partial charge in [0.1, 0.15) is 11.5 Å². The Balaban J connectivity index is 1.93. The lowest BCUT2D eigenvalue weighted by Crippen LogP contribution is -2.10. The van der Waals surface area contributed by atoms with Crippen LogP contribution >= 0.6 is 0 Å². The number of aromatic amines is 1. The fourth-order valence-corrected chi connectivity index (χ4v) is 3.11. The zero-order valence-corrected chi connectivity index (χ0v) is 14.1. The molecule has 0 unspecified atom stereocenters. The highest BCUT2D eigenvalue weighted by molar-refractivity contribution is 6.18. The molecule has 5 nitrogen and oxygen atoms in total. The number of benzene rings is 2. The lowest BCUT2D eigenvalue weighted by Gasteiger charge is -2.07. The number of nitrogens with one attached hydrogen (secondary N) is 1. The van der Waals surface area contributed by atoms with Gasteiger partial charge in [-0.25, -0.2) is 9.37 Å². The van der Waals surface area contributed by atoms with Crippen molar-refractivity contribution in [3.8, 4) is 11.1 Å². The molecule has 0 atom stereocenters. The summed E-state index contributed by atoms with van der Waals surface area (Å²) in [7, 11) is 0. The number of pyridine rings is 1. The second kappa shape index (κ2) is 6.49. The maximum atomic E-state index is 14.1. The van der Waals surface area contributed by atoms with Gasteiger partial charge in [0.25, 0.3) is 0 Å². The van der Waals surface area contributed by atoms with E-state index < -0.39 is 17.5 Å². The van der Waals surface area contributed by atoms with Crippen LogP contribution in [0.1, 0.15) is 26.3 Å². The van der Waals surface area contributed by atoms with Crippen molar-refractivity contribution >= 4 is 22.7 Å². The summed E-state index contributed by atoms with van der Waals surface area (Å²) in [5.41, 5.74) is 7.92. The van der Waals surface area contributed by atoms with Gasteiger partial charge in [-0.1, -0.05) is 24.3 Å². The molecule has 0 fully saturated rings. The lowest BCUT2D eigenvalue weighted by molar-refractivity contribution is 0.0998. The molecule has 2 aromatic carbocycles. The first kappa shape index (κ1) is 16.7. The molecule has 0 aliphatic rings. The number of hydrogen-bond donors (Lipinski definition) is 2. The van der Waals surface area contributed by atoms with Crippen LogP contribution in [-0.2, 0) is 0 Å². The number of amides is 1. The van der Waals surface area contributed by atoms with Crippen LogP contribution in [0.4, 0.5) is 4.39 Å². The molecule has 0 saturated carbocycles. The Morgan fingerprint density at radius 1 is 1.00 bits per heavy atom. The van der Waals surface area contributed by atoms with Crippen LogP contribution in [-0.4, -0.2) is 21.7 Å². The zero-order valence-electron chi connectivity index (χ0n) is 14.1. The fourth-order valence-electron chi connectivity index (χ4n) is 3.11. The van der Waals surface area contributed by atoms with E-state index in [0.29, 0.717) is 33.3 Å². The Kier molecular flexibility index (Phi) is 4.01. The number of H-pyrrole nitrogens is 1. The average molecular weight is 359 g/mol. The fraction of sp³-hybridized carbons (Fsp3) is 0. The quantitative estimate of drug-likeness (QED) is 0.545. The summed E-state index contributed by atoms with van der Waals surface area (Å²) in [4.78, 5) is 31.7. The molecule has 6 heteroatoms. The number of aromatic nitrogens is 2. The van der Waals surface area contributed by atoms with E-state index in [0.717, 1.165) is 0 Å². The van der Waals surface area contributed by atoms with Crippen LogP contribution in [0.3, 0.4) is 0 Å². The van der Waals surface area contributed by atoms with Crippen LogP contribution in [0.25, 0.3) is 22.2 Å². The number of rotatable bonds is 4. The third-order valence-electron chi connectivity index (χ3n) is 4.39. The van der Waals surface area contributed by atoms with Gasteiger partial charge in [0.05, 0.1) is 11.1 Å². The highest BCUT2D eigenvalue weighted by Gasteiger charge is 2.20. The van der Waals surface area contributed by atoms with E-state index in [9.17, 15) is 14.0 Å². The Bertz CT molecular complexity index is 1200. The number of primary amides is 1. The average Bonchev–Trinajstić information content (AvgIpc) is 3.12. The molecule has 0 spiro atoms. The minimum absolute atomic E-state index is 0.0147. The maximum Gasteiger partial charge on any atom is 0.248 e. The summed E-state index contributed by atoms with van der Waals surface area (Å²) in [5.74, 6) is -1.57. The second-order valence-corrected chi connectivity index (χ2v) is 6.04. The molecule has 0 saturated heterocycles. The molecule has 1 amide bonds. The van der Waals surface area contributed by atoms with Crippen molar-refractivity contribution < 1.29 is 14.0 Å². The Labute approximate surface area is 153 Å². The van der Waals surface area contributed by atoms with Gasteiger partial charge < -0.3 is 10.7 Å². The number of nitrogens with two attached hydrogens (primary N) is 1. The van der Waals surface area contributed by atoms with Crippen molar-refractivity contribution in [3.63, 3.8) is 0 Å². The van der Waals surface area contributed by atoms with Gasteiger partial charge >= 0.3 is 0 Å². The first-order valence-electron chi connectivity index (χ1n) is 8.22. The molecule has 0 aliphatic heterocycles. The van der Waals surface area contributed by atoms with Crippen LogP contribution in [0, 0.1) is 5.82 Å². The molecule has 4 rings (SSSR count). The van der Waals surface area contributed by atoms with Gasteiger partial charge in [-0.2, -0.15) is 0 Å². The van der Waals surface area contributed by atoms with Crippen LogP contribution in [0.2, 0.25) is 0 Å². The maximum absolute atomic E-state index is 14.1. The Morgan fingerprint density at radius 2 is 1.81 bits per heavy atom. The number of nitrogens with zero attached hydrogens (tertiary/aromatic N) is 1. The molecule has 27 heavy (non-hydrogen) atoms. The summed E-state index contributed by atoms with van der Waals surface area (Å²) in [6.45, 7) is 0. The normalized spacial score (nSPS) is 10.9. The predicted molar refractivity (Wildman–Crippen MR) is 99.9 cm³/mol. The predicted octanol–water partition coefficient (Wildman–Crippen LogP) is 3.70. The zero-order chi connectivity index (χ0) is 19.0. The van der Waals surface area contributed by atoms with Gasteiger partial charge in [0.15, 0.2) is 5.78 Å². The molecule has 4 aromatic rings. The van der Waals surface area contributed by atoms with Gasteiger partial charge in [-0.05, 0) is 41.5 Å². The summed E-state index contributed by atoms with van der Waals surface area (Å²) in [6.07, 6.45) is 3.12. The van der Waals surface area contributed by atoms with E-state index in [1.165, 1.54) is 24.4 Å². The highest BCUT2D eigenvalue weighted by Crippen LogP contribution is 2.32. The standard InChI is InChI=1S/C21H14FN3O2/c22-17-7-2-1-6-15(17)19(26)16-11-25-21-18(16)14(8-9-24-21)12-4-3-5-13(10-12)20(23)27/h1-11H,(H2,23,27)(H,24,25).